The zero-order valence-electron chi connectivity index (χ0n) is 36.9. The van der Waals surface area contributed by atoms with Gasteiger partial charge in [0.1, 0.15) is 54.3 Å². The third kappa shape index (κ3) is 13.2. The Morgan fingerprint density at radius 1 is 0.831 bits per heavy atom. The lowest BCUT2D eigenvalue weighted by Gasteiger charge is -2.34. The number of likely N-dealkylation sites (N-methyl/N-ethyl adjacent to an activating group) is 1. The first kappa shape index (κ1) is 48.9. The van der Waals surface area contributed by atoms with Crippen molar-refractivity contribution in [1.82, 2.24) is 36.0 Å². The molecular formula is C47H57N7O11. The molecule has 5 rings (SSSR count). The molecule has 346 valence electrons. The number of amides is 7. The fraction of sp³-hybridized carbons (Fsp3) is 0.426. The number of rotatable bonds is 12. The number of nitrogens with one attached hydrogen (secondary N) is 4. The highest BCUT2D eigenvalue weighted by Crippen LogP contribution is 2.26. The van der Waals surface area contributed by atoms with Crippen LogP contribution in [0, 0.1) is 5.92 Å². The lowest BCUT2D eigenvalue weighted by Crippen LogP contribution is -2.60. The number of benzene rings is 1. The Hall–Kier alpha value is -7.11. The molecule has 0 radical (unpaired) electrons. The van der Waals surface area contributed by atoms with Crippen LogP contribution in [0.2, 0.25) is 0 Å². The summed E-state index contributed by atoms with van der Waals surface area (Å²) in [5.41, 5.74) is 0.616. The Morgan fingerprint density at radius 2 is 1.48 bits per heavy atom. The smallest absolute Gasteiger partial charge is 0.328 e. The van der Waals surface area contributed by atoms with Gasteiger partial charge in [0.05, 0.1) is 0 Å². The Morgan fingerprint density at radius 3 is 2.12 bits per heavy atom. The van der Waals surface area contributed by atoms with Gasteiger partial charge in [0.15, 0.2) is 5.78 Å². The van der Waals surface area contributed by atoms with E-state index in [9.17, 15) is 48.3 Å². The van der Waals surface area contributed by atoms with Gasteiger partial charge < -0.3 is 45.8 Å². The van der Waals surface area contributed by atoms with Crippen LogP contribution >= 0.6 is 0 Å². The standard InChI is InChI=1S/C47H57N7O11/c1-29-25-36-47(64)65-28-34(45(62)53-24-16-19-35(53)46(63)52(4)31(3)42(59)48-30(2)44(61)54(36)27-29)50-43(60)33(26-32-17-12-11-13-18-32)49-39(57)20-14-9-7-5-6-8-10-15-21-40(58)51-41-37(55)22-23-38(41)56/h5-15,17-18,20-21,29-31,33-36,55H,16,19,22-28H2,1-4H3,(H,48,59)(H,49,57)(H,50,60)(H,51,58)/b6-5+,9-7+,10-8+,20-14+,21-15+/t29-,30-,31+,33+,34+,35+,36+/m1/s1. The van der Waals surface area contributed by atoms with Crippen molar-refractivity contribution in [2.75, 3.05) is 26.7 Å². The number of ether oxygens (including phenoxy) is 1. The number of nitrogens with zero attached hydrogens (tertiary/aromatic N) is 3. The molecule has 0 spiro atoms. The van der Waals surface area contributed by atoms with Crippen LogP contribution in [0.3, 0.4) is 0 Å². The minimum atomic E-state index is -1.49. The zero-order chi connectivity index (χ0) is 47.2. The molecule has 3 aliphatic heterocycles. The number of carbonyl (C=O) groups excluding carboxylic acids is 9. The van der Waals surface area contributed by atoms with Gasteiger partial charge in [0, 0.05) is 51.6 Å². The highest BCUT2D eigenvalue weighted by atomic mass is 16.5. The number of carbonyl (C=O) groups is 9. The normalized spacial score (nSPS) is 25.6. The van der Waals surface area contributed by atoms with Gasteiger partial charge in [-0.15, -0.1) is 0 Å². The van der Waals surface area contributed by atoms with E-state index in [2.05, 4.69) is 21.3 Å². The number of cyclic esters (lactones) is 1. The second-order valence-electron chi connectivity index (χ2n) is 16.4. The van der Waals surface area contributed by atoms with Crippen molar-refractivity contribution in [3.05, 3.63) is 108 Å². The Bertz CT molecular complexity index is 2200. The van der Waals surface area contributed by atoms with E-state index >= 15 is 0 Å². The summed E-state index contributed by atoms with van der Waals surface area (Å²) in [4.78, 5) is 124. The number of allylic oxidation sites excluding steroid dienone is 10. The van der Waals surface area contributed by atoms with Gasteiger partial charge in [0.25, 0.3) is 0 Å². The molecule has 1 aliphatic carbocycles. The van der Waals surface area contributed by atoms with E-state index in [0.717, 1.165) is 0 Å². The molecule has 7 amide bonds. The van der Waals surface area contributed by atoms with Gasteiger partial charge in [-0.05, 0) is 44.6 Å². The Balaban J connectivity index is 1.29. The van der Waals surface area contributed by atoms with Gasteiger partial charge in [-0.2, -0.15) is 0 Å². The predicted octanol–water partition coefficient (Wildman–Crippen LogP) is 1.36. The fourth-order valence-electron chi connectivity index (χ4n) is 7.85. The molecule has 5 N–H and O–H groups in total. The van der Waals surface area contributed by atoms with E-state index in [-0.39, 0.29) is 68.4 Å². The summed E-state index contributed by atoms with van der Waals surface area (Å²) in [5.74, 6) is -5.59. The summed E-state index contributed by atoms with van der Waals surface area (Å²) >= 11 is 0. The highest BCUT2D eigenvalue weighted by molar-refractivity contribution is 6.03. The highest BCUT2D eigenvalue weighted by Gasteiger charge is 2.44. The van der Waals surface area contributed by atoms with Crippen molar-refractivity contribution in [2.45, 2.75) is 95.5 Å². The molecule has 65 heavy (non-hydrogen) atoms. The molecule has 18 nitrogen and oxygen atoms in total. The molecule has 1 aromatic rings. The maximum absolute atomic E-state index is 14.4. The number of fused-ring (bicyclic) bond motifs is 2. The largest absolute Gasteiger partial charge is 0.510 e. The van der Waals surface area contributed by atoms with Gasteiger partial charge in [0.2, 0.25) is 41.4 Å². The second kappa shape index (κ2) is 23.0. The molecule has 4 aliphatic rings. The van der Waals surface area contributed by atoms with Gasteiger partial charge in [-0.25, -0.2) is 4.79 Å². The average molecular weight is 896 g/mol. The van der Waals surface area contributed by atoms with Crippen molar-refractivity contribution in [3.8, 4) is 0 Å². The summed E-state index contributed by atoms with van der Waals surface area (Å²) in [6, 6.07) is 2.15. The molecule has 0 saturated carbocycles. The summed E-state index contributed by atoms with van der Waals surface area (Å²) in [5, 5.41) is 20.1. The number of ketones is 1. The van der Waals surface area contributed by atoms with Crippen LogP contribution in [-0.4, -0.2) is 136 Å². The summed E-state index contributed by atoms with van der Waals surface area (Å²) in [6.07, 6.45) is 16.5. The minimum absolute atomic E-state index is 0.0250. The number of esters is 1. The summed E-state index contributed by atoms with van der Waals surface area (Å²) in [7, 11) is 1.44. The second-order valence-corrected chi connectivity index (χ2v) is 16.4. The molecule has 3 saturated heterocycles. The molecule has 0 aromatic heterocycles. The topological polar surface area (TPSA) is 241 Å². The van der Waals surface area contributed by atoms with E-state index in [1.807, 2.05) is 6.92 Å². The SMILES string of the molecule is C[C@@H]1C[C@H]2C(=O)OC[C@H](NC(=O)[C@H](Cc3ccccc3)NC(=O)/C=C/C=C/C=C/C=C/C=C/C(=O)NC3=C(O)CCC3=O)C(=O)N3CCC[C@H]3C(=O)N(C)[C@@H](C)C(=O)N[C@H](C)C(=O)N2C1. The van der Waals surface area contributed by atoms with E-state index in [1.165, 1.54) is 59.9 Å². The van der Waals surface area contributed by atoms with Crippen molar-refractivity contribution < 1.29 is 53.0 Å². The van der Waals surface area contributed by atoms with Crippen molar-refractivity contribution in [2.24, 2.45) is 5.92 Å². The van der Waals surface area contributed by atoms with Crippen LogP contribution < -0.4 is 21.3 Å². The summed E-state index contributed by atoms with van der Waals surface area (Å²) < 4.78 is 5.70. The third-order valence-electron chi connectivity index (χ3n) is 11.5. The van der Waals surface area contributed by atoms with Crippen molar-refractivity contribution in [1.29, 1.82) is 0 Å². The first-order valence-corrected chi connectivity index (χ1v) is 21.7. The first-order valence-electron chi connectivity index (χ1n) is 21.7. The zero-order valence-corrected chi connectivity index (χ0v) is 36.9. The number of hydrogen-bond acceptors (Lipinski definition) is 11. The molecule has 3 heterocycles. The Kier molecular flexibility index (Phi) is 17.3. The molecule has 0 unspecified atom stereocenters. The van der Waals surface area contributed by atoms with Crippen LogP contribution in [0.25, 0.3) is 0 Å². The summed E-state index contributed by atoms with van der Waals surface area (Å²) in [6.45, 7) is 4.65. The predicted molar refractivity (Wildman–Crippen MR) is 237 cm³/mol. The molecular weight excluding hydrogens is 839 g/mol. The van der Waals surface area contributed by atoms with E-state index < -0.39 is 90.2 Å². The van der Waals surface area contributed by atoms with Crippen LogP contribution in [0.1, 0.15) is 58.4 Å². The van der Waals surface area contributed by atoms with Crippen LogP contribution in [0.5, 0.6) is 0 Å². The van der Waals surface area contributed by atoms with Crippen LogP contribution in [-0.2, 0) is 54.3 Å². The number of aliphatic hydroxyl groups is 1. The average Bonchev–Trinajstić information content (AvgIpc) is 4.02. The van der Waals surface area contributed by atoms with Crippen LogP contribution in [0.4, 0.5) is 0 Å². The maximum Gasteiger partial charge on any atom is 0.328 e. The minimum Gasteiger partial charge on any atom is -0.510 e. The molecule has 3 fully saturated rings. The lowest BCUT2D eigenvalue weighted by atomic mass is 10.0. The van der Waals surface area contributed by atoms with Gasteiger partial charge >= 0.3 is 5.97 Å². The van der Waals surface area contributed by atoms with Gasteiger partial charge in [-0.1, -0.05) is 85.9 Å². The monoisotopic (exact) mass is 895 g/mol. The fourth-order valence-corrected chi connectivity index (χ4v) is 7.85. The number of Topliss-reactive ketones (excluding diaryl/α,β-unsaturated/α-hetero) is 1. The third-order valence-corrected chi connectivity index (χ3v) is 11.5. The molecule has 7 atom stereocenters. The number of hydrogen-bond donors (Lipinski definition) is 5. The number of aliphatic hydroxyl groups excluding tert-OH is 1. The lowest BCUT2D eigenvalue weighted by molar-refractivity contribution is -0.158. The Labute approximate surface area is 377 Å². The molecule has 18 heteroatoms. The quantitative estimate of drug-likeness (QED) is 0.114. The maximum atomic E-state index is 14.4. The molecule has 0 bridgehead atoms. The van der Waals surface area contributed by atoms with E-state index in [4.69, 9.17) is 4.74 Å². The van der Waals surface area contributed by atoms with E-state index in [1.54, 1.807) is 66.8 Å². The molecule has 1 aromatic carbocycles. The van der Waals surface area contributed by atoms with Crippen molar-refractivity contribution >= 4 is 53.1 Å². The van der Waals surface area contributed by atoms with E-state index in [0.29, 0.717) is 12.0 Å². The van der Waals surface area contributed by atoms with Gasteiger partial charge in [-0.3, -0.25) is 38.4 Å². The first-order chi connectivity index (χ1) is 31.0. The van der Waals surface area contributed by atoms with Crippen LogP contribution in [0.15, 0.2) is 103 Å². The van der Waals surface area contributed by atoms with Crippen molar-refractivity contribution in [3.63, 3.8) is 0 Å².